The van der Waals surface area contributed by atoms with Crippen molar-refractivity contribution in [1.82, 2.24) is 19.8 Å². The molecule has 11 nitrogen and oxygen atoms in total. The molecule has 1 amide bonds. The minimum absolute atomic E-state index is 0.0117. The number of nitrogens with zero attached hydrogens (tertiary/aromatic N) is 3. The molecule has 4 aromatic carbocycles. The number of halogens is 1. The summed E-state index contributed by atoms with van der Waals surface area (Å²) in [5.41, 5.74) is 7.88. The van der Waals surface area contributed by atoms with Crippen molar-refractivity contribution in [2.45, 2.75) is 76.7 Å². The van der Waals surface area contributed by atoms with Crippen molar-refractivity contribution in [3.8, 4) is 11.5 Å². The van der Waals surface area contributed by atoms with E-state index in [1.54, 1.807) is 31.5 Å². The number of aromatic nitrogens is 2. The molecule has 0 atom stereocenters. The third kappa shape index (κ3) is 10.1. The molecule has 8 rings (SSSR count). The van der Waals surface area contributed by atoms with Crippen LogP contribution in [0.5, 0.6) is 11.5 Å². The summed E-state index contributed by atoms with van der Waals surface area (Å²) in [6.07, 6.45) is 9.58. The van der Waals surface area contributed by atoms with Gasteiger partial charge in [-0.15, -0.1) is 0 Å². The summed E-state index contributed by atoms with van der Waals surface area (Å²) < 4.78 is 41.8. The molecule has 0 bridgehead atoms. The Morgan fingerprint density at radius 3 is 2.46 bits per heavy atom. The highest BCUT2D eigenvalue weighted by Crippen LogP contribution is 2.43. The molecule has 0 radical (unpaired) electrons. The van der Waals surface area contributed by atoms with E-state index in [-0.39, 0.29) is 21.6 Å². The number of methoxy groups -OCH3 is 1. The van der Waals surface area contributed by atoms with Crippen molar-refractivity contribution < 1.29 is 22.7 Å². The number of amides is 1. The van der Waals surface area contributed by atoms with Crippen LogP contribution in [0.4, 0.5) is 11.4 Å². The molecule has 3 N–H and O–H groups in total. The summed E-state index contributed by atoms with van der Waals surface area (Å²) >= 11 is 6.26. The van der Waals surface area contributed by atoms with Crippen molar-refractivity contribution in [3.63, 3.8) is 0 Å². The van der Waals surface area contributed by atoms with Crippen LogP contribution in [0.15, 0.2) is 95.5 Å². The number of fused-ring (bicyclic) bond motifs is 1. The summed E-state index contributed by atoms with van der Waals surface area (Å²) in [7, 11) is -2.45. The molecule has 61 heavy (non-hydrogen) atoms. The number of benzene rings is 4. The van der Waals surface area contributed by atoms with E-state index in [4.69, 9.17) is 21.1 Å². The second-order valence-electron chi connectivity index (χ2n) is 17.7. The van der Waals surface area contributed by atoms with E-state index in [0.717, 1.165) is 117 Å². The van der Waals surface area contributed by atoms with Crippen LogP contribution in [-0.4, -0.2) is 81.9 Å². The number of carbonyl (C=O) groups excluding carboxylic acids is 1. The molecule has 322 valence electrons. The van der Waals surface area contributed by atoms with Crippen LogP contribution in [0, 0.1) is 18.3 Å². The van der Waals surface area contributed by atoms with E-state index >= 15 is 0 Å². The number of ether oxygens (including phenoxy) is 2. The monoisotopic (exact) mass is 864 g/mol. The SMILES string of the molecule is CO[C@H]1CC[C@H](CNc2ccc(S(=O)(=O)NC(=O)c3ccc(N4CCN(CC5=C(c6ccc(Cl)cc6)CC(C)(C)CC5)CC4)cc3Oc3cccc4[nH]ncc34)cc2C)CC1. The Morgan fingerprint density at radius 2 is 1.72 bits per heavy atom. The smallest absolute Gasteiger partial charge is 0.268 e. The minimum atomic E-state index is -4.22. The third-order valence-corrected chi connectivity index (χ3v) is 14.4. The summed E-state index contributed by atoms with van der Waals surface area (Å²) in [4.78, 5) is 18.8. The van der Waals surface area contributed by atoms with Crippen molar-refractivity contribution in [2.24, 2.45) is 11.3 Å². The number of piperazine rings is 1. The Labute approximate surface area is 364 Å². The fraction of sp³-hybridized carbons (Fsp3) is 0.417. The molecule has 2 fully saturated rings. The zero-order chi connectivity index (χ0) is 42.7. The lowest BCUT2D eigenvalue weighted by molar-refractivity contribution is 0.0585. The molecule has 2 heterocycles. The van der Waals surface area contributed by atoms with Gasteiger partial charge in [0.1, 0.15) is 11.5 Å². The second kappa shape index (κ2) is 18.2. The van der Waals surface area contributed by atoms with E-state index in [9.17, 15) is 13.2 Å². The first-order valence-corrected chi connectivity index (χ1v) is 23.3. The predicted octanol–water partition coefficient (Wildman–Crippen LogP) is 9.84. The molecule has 1 aromatic heterocycles. The van der Waals surface area contributed by atoms with Crippen LogP contribution in [0.2, 0.25) is 5.02 Å². The van der Waals surface area contributed by atoms with E-state index in [1.165, 1.54) is 22.8 Å². The number of aromatic amines is 1. The first-order chi connectivity index (χ1) is 29.3. The number of anilines is 2. The topological polar surface area (TPSA) is 129 Å². The zero-order valence-corrected chi connectivity index (χ0v) is 37.2. The lowest BCUT2D eigenvalue weighted by atomic mass is 9.72. The molecular weight excluding hydrogens is 808 g/mol. The van der Waals surface area contributed by atoms with Crippen molar-refractivity contribution in [1.29, 1.82) is 0 Å². The number of rotatable bonds is 13. The fourth-order valence-corrected chi connectivity index (χ4v) is 10.3. The molecule has 1 saturated carbocycles. The summed E-state index contributed by atoms with van der Waals surface area (Å²) in [6, 6.07) is 24.1. The number of hydrogen-bond acceptors (Lipinski definition) is 9. The number of carbonyl (C=O) groups is 1. The van der Waals surface area contributed by atoms with Crippen LogP contribution >= 0.6 is 11.6 Å². The minimum Gasteiger partial charge on any atom is -0.456 e. The van der Waals surface area contributed by atoms with Gasteiger partial charge < -0.3 is 19.7 Å². The van der Waals surface area contributed by atoms with Crippen LogP contribution in [0.1, 0.15) is 80.3 Å². The highest BCUT2D eigenvalue weighted by atomic mass is 35.5. The Morgan fingerprint density at radius 1 is 0.951 bits per heavy atom. The van der Waals surface area contributed by atoms with Gasteiger partial charge in [-0.3, -0.25) is 14.8 Å². The van der Waals surface area contributed by atoms with Crippen LogP contribution in [0.25, 0.3) is 16.5 Å². The van der Waals surface area contributed by atoms with Crippen molar-refractivity contribution >= 4 is 55.4 Å². The number of sulfonamides is 1. The highest BCUT2D eigenvalue weighted by molar-refractivity contribution is 7.90. The van der Waals surface area contributed by atoms with Gasteiger partial charge in [-0.05, 0) is 134 Å². The zero-order valence-electron chi connectivity index (χ0n) is 35.6. The Bertz CT molecular complexity index is 2500. The number of H-pyrrole nitrogens is 1. The largest absolute Gasteiger partial charge is 0.456 e. The van der Waals surface area contributed by atoms with Gasteiger partial charge in [-0.1, -0.05) is 49.2 Å². The lowest BCUT2D eigenvalue weighted by Gasteiger charge is -2.39. The molecule has 5 aromatic rings. The van der Waals surface area contributed by atoms with Crippen LogP contribution in [0.3, 0.4) is 0 Å². The summed E-state index contributed by atoms with van der Waals surface area (Å²) in [5, 5.41) is 12.1. The molecule has 1 aliphatic heterocycles. The number of nitrogens with one attached hydrogen (secondary N) is 3. The van der Waals surface area contributed by atoms with E-state index in [0.29, 0.717) is 17.8 Å². The first-order valence-electron chi connectivity index (χ1n) is 21.5. The number of aryl methyl sites for hydroxylation is 1. The quantitative estimate of drug-likeness (QED) is 0.106. The van der Waals surface area contributed by atoms with Gasteiger partial charge in [-0.2, -0.15) is 5.10 Å². The highest BCUT2D eigenvalue weighted by Gasteiger charge is 2.30. The molecule has 0 unspecified atom stereocenters. The van der Waals surface area contributed by atoms with Gasteiger partial charge in [0.2, 0.25) is 0 Å². The van der Waals surface area contributed by atoms with Crippen LogP contribution in [-0.2, 0) is 14.8 Å². The molecule has 1 saturated heterocycles. The van der Waals surface area contributed by atoms with Crippen molar-refractivity contribution in [3.05, 3.63) is 112 Å². The fourth-order valence-electron chi connectivity index (χ4n) is 9.09. The molecule has 13 heteroatoms. The standard InChI is InChI=1S/C48H57ClN6O5S/c1-32-26-39(17-19-43(32)50-29-33-8-15-38(59-4)16-9-33)61(57,58)53-47(56)40-18-14-37(27-46(40)60-45-7-5-6-44-42(45)30-51-52-44)55-24-22-54(23-25-55)31-35-20-21-48(2,3)28-41(35)34-10-12-36(49)13-11-34/h5-7,10-14,17-19,26-27,30,33,38,50H,8-9,15-16,20-25,28-29,31H2,1-4H3,(H,51,52)(H,53,56)/t33-,38-. The lowest BCUT2D eigenvalue weighted by Crippen LogP contribution is -2.47. The van der Waals surface area contributed by atoms with Gasteiger partial charge in [0, 0.05) is 68.8 Å². The normalized spacial score (nSPS) is 19.9. The van der Waals surface area contributed by atoms with Gasteiger partial charge >= 0.3 is 0 Å². The van der Waals surface area contributed by atoms with Gasteiger partial charge in [0.15, 0.2) is 0 Å². The predicted molar refractivity (Wildman–Crippen MR) is 244 cm³/mol. The maximum Gasteiger partial charge on any atom is 0.268 e. The maximum atomic E-state index is 14.0. The third-order valence-electron chi connectivity index (χ3n) is 12.8. The molecular formula is C48H57ClN6O5S. The van der Waals surface area contributed by atoms with E-state index in [1.807, 2.05) is 49.4 Å². The van der Waals surface area contributed by atoms with Gasteiger partial charge in [-0.25, -0.2) is 13.1 Å². The first kappa shape index (κ1) is 42.8. The van der Waals surface area contributed by atoms with Gasteiger partial charge in [0.05, 0.1) is 33.7 Å². The molecule has 0 spiro atoms. The average molecular weight is 866 g/mol. The maximum absolute atomic E-state index is 14.0. The molecule has 2 aliphatic carbocycles. The Hall–Kier alpha value is -4.88. The van der Waals surface area contributed by atoms with Crippen molar-refractivity contribution in [2.75, 3.05) is 56.6 Å². The van der Waals surface area contributed by atoms with E-state index < -0.39 is 15.9 Å². The summed E-state index contributed by atoms with van der Waals surface area (Å²) in [5.74, 6) is 0.501. The summed E-state index contributed by atoms with van der Waals surface area (Å²) in [6.45, 7) is 11.6. The number of allylic oxidation sites excluding steroid dienone is 1. The molecule has 3 aliphatic rings. The van der Waals surface area contributed by atoms with E-state index in [2.05, 4.69) is 56.0 Å². The number of hydrogen-bond donors (Lipinski definition) is 3. The Kier molecular flexibility index (Phi) is 12.8. The van der Waals surface area contributed by atoms with Crippen LogP contribution < -0.4 is 19.7 Å². The van der Waals surface area contributed by atoms with Gasteiger partial charge in [0.25, 0.3) is 15.9 Å². The average Bonchev–Trinajstić information content (AvgIpc) is 3.75. The Balaban J connectivity index is 0.978. The second-order valence-corrected chi connectivity index (χ2v) is 19.9.